The fraction of sp³-hybridized carbons (Fsp3) is 0.333. The maximum atomic E-state index is 6.19. The van der Waals surface area contributed by atoms with Gasteiger partial charge in [-0.15, -0.1) is 0 Å². The second-order valence-electron chi connectivity index (χ2n) is 4.82. The molecule has 2 rings (SSSR count). The van der Waals surface area contributed by atoms with Gasteiger partial charge in [0.05, 0.1) is 16.4 Å². The van der Waals surface area contributed by atoms with E-state index in [1.807, 2.05) is 51.4 Å². The Morgan fingerprint density at radius 1 is 1.15 bits per heavy atom. The molecule has 2 aromatic heterocycles. The first kappa shape index (κ1) is 14.8. The first-order valence-electron chi connectivity index (χ1n) is 6.52. The minimum Gasteiger partial charge on any atom is -0.373 e. The number of aryl methyl sites for hydroxylation is 1. The van der Waals surface area contributed by atoms with E-state index in [2.05, 4.69) is 20.2 Å². The zero-order valence-electron chi connectivity index (χ0n) is 12.0. The number of aromatic nitrogens is 2. The van der Waals surface area contributed by atoms with Crippen molar-refractivity contribution in [3.8, 4) is 0 Å². The molecule has 0 aliphatic rings. The van der Waals surface area contributed by atoms with Gasteiger partial charge in [0.1, 0.15) is 5.82 Å². The molecule has 2 aromatic rings. The number of anilines is 1. The minimum absolute atomic E-state index is 0.684. The third-order valence-electron chi connectivity index (χ3n) is 2.97. The summed E-state index contributed by atoms with van der Waals surface area (Å²) in [6, 6.07) is 9.79. The lowest BCUT2D eigenvalue weighted by atomic mass is 10.3. The highest BCUT2D eigenvalue weighted by atomic mass is 35.5. The zero-order valence-corrected chi connectivity index (χ0v) is 12.8. The molecule has 0 saturated carbocycles. The van der Waals surface area contributed by atoms with Crippen molar-refractivity contribution in [2.24, 2.45) is 0 Å². The van der Waals surface area contributed by atoms with Gasteiger partial charge >= 0.3 is 0 Å². The van der Waals surface area contributed by atoms with Crippen LogP contribution in [0, 0.1) is 6.92 Å². The van der Waals surface area contributed by atoms with Crippen molar-refractivity contribution < 1.29 is 0 Å². The second-order valence-corrected chi connectivity index (χ2v) is 5.22. The SMILES string of the molecule is CNc1ccc(Cl)c(CN(C)Cc2cccc(C)n2)n1. The molecule has 0 saturated heterocycles. The highest BCUT2D eigenvalue weighted by Crippen LogP contribution is 2.18. The van der Waals surface area contributed by atoms with Crippen LogP contribution in [-0.2, 0) is 13.1 Å². The Balaban J connectivity index is 2.06. The Labute approximate surface area is 124 Å². The van der Waals surface area contributed by atoms with E-state index in [1.54, 1.807) is 0 Å². The second kappa shape index (κ2) is 6.68. The molecule has 0 bridgehead atoms. The van der Waals surface area contributed by atoms with Crippen LogP contribution < -0.4 is 5.32 Å². The van der Waals surface area contributed by atoms with E-state index < -0.39 is 0 Å². The van der Waals surface area contributed by atoms with Gasteiger partial charge in [-0.1, -0.05) is 17.7 Å². The Morgan fingerprint density at radius 3 is 2.65 bits per heavy atom. The molecule has 1 N–H and O–H groups in total. The van der Waals surface area contributed by atoms with Crippen LogP contribution in [0.5, 0.6) is 0 Å². The summed E-state index contributed by atoms with van der Waals surface area (Å²) in [4.78, 5) is 11.1. The Hall–Kier alpha value is -1.65. The highest BCUT2D eigenvalue weighted by Gasteiger charge is 2.08. The average molecular weight is 291 g/mol. The van der Waals surface area contributed by atoms with Crippen molar-refractivity contribution in [3.63, 3.8) is 0 Å². The molecular formula is C15H19ClN4. The summed E-state index contributed by atoms with van der Waals surface area (Å²) in [6.07, 6.45) is 0. The average Bonchev–Trinajstić information content (AvgIpc) is 2.41. The molecule has 0 unspecified atom stereocenters. The predicted octanol–water partition coefficient (Wildman–Crippen LogP) is 3.11. The number of pyridine rings is 2. The standard InChI is InChI=1S/C15H19ClN4/c1-11-5-4-6-12(18-11)9-20(3)10-14-13(16)7-8-15(17-2)19-14/h4-8H,9-10H2,1-3H3,(H,17,19). The molecule has 0 aliphatic carbocycles. The lowest BCUT2D eigenvalue weighted by molar-refractivity contribution is 0.311. The molecule has 0 amide bonds. The normalized spacial score (nSPS) is 10.8. The van der Waals surface area contributed by atoms with Crippen LogP contribution in [0.3, 0.4) is 0 Å². The molecule has 5 heteroatoms. The molecule has 106 valence electrons. The molecule has 0 fully saturated rings. The maximum Gasteiger partial charge on any atom is 0.126 e. The largest absolute Gasteiger partial charge is 0.373 e. The summed E-state index contributed by atoms with van der Waals surface area (Å²) in [7, 11) is 3.88. The van der Waals surface area contributed by atoms with E-state index in [4.69, 9.17) is 11.6 Å². The van der Waals surface area contributed by atoms with Crippen LogP contribution >= 0.6 is 11.6 Å². The van der Waals surface area contributed by atoms with Gasteiger partial charge in [-0.05, 0) is 38.2 Å². The summed E-state index contributed by atoms with van der Waals surface area (Å²) < 4.78 is 0. The first-order valence-corrected chi connectivity index (χ1v) is 6.90. The fourth-order valence-electron chi connectivity index (χ4n) is 2.01. The molecule has 20 heavy (non-hydrogen) atoms. The molecule has 4 nitrogen and oxygen atoms in total. The molecule has 0 radical (unpaired) electrons. The number of hydrogen-bond acceptors (Lipinski definition) is 4. The van der Waals surface area contributed by atoms with Gasteiger partial charge in [-0.2, -0.15) is 0 Å². The van der Waals surface area contributed by atoms with E-state index >= 15 is 0 Å². The number of nitrogens with one attached hydrogen (secondary N) is 1. The van der Waals surface area contributed by atoms with Crippen LogP contribution in [0.15, 0.2) is 30.3 Å². The van der Waals surface area contributed by atoms with Crippen LogP contribution in [-0.4, -0.2) is 29.0 Å². The maximum absolute atomic E-state index is 6.19. The van der Waals surface area contributed by atoms with Crippen LogP contribution in [0.25, 0.3) is 0 Å². The van der Waals surface area contributed by atoms with Gasteiger partial charge in [0.25, 0.3) is 0 Å². The topological polar surface area (TPSA) is 41.0 Å². The molecule has 0 spiro atoms. The molecule has 2 heterocycles. The molecule has 0 aromatic carbocycles. The van der Waals surface area contributed by atoms with E-state index in [0.29, 0.717) is 11.6 Å². The number of nitrogens with zero attached hydrogens (tertiary/aromatic N) is 3. The third-order valence-corrected chi connectivity index (χ3v) is 3.32. The first-order chi connectivity index (χ1) is 9.58. The van der Waals surface area contributed by atoms with Crippen molar-refractivity contribution in [2.75, 3.05) is 19.4 Å². The Bertz CT molecular complexity index is 586. The summed E-state index contributed by atoms with van der Waals surface area (Å²) in [5, 5.41) is 3.71. The van der Waals surface area contributed by atoms with Crippen molar-refractivity contribution in [3.05, 3.63) is 52.4 Å². The van der Waals surface area contributed by atoms with E-state index in [9.17, 15) is 0 Å². The fourth-order valence-corrected chi connectivity index (χ4v) is 2.18. The number of halogens is 1. The quantitative estimate of drug-likeness (QED) is 0.919. The van der Waals surface area contributed by atoms with Crippen molar-refractivity contribution in [2.45, 2.75) is 20.0 Å². The predicted molar refractivity (Wildman–Crippen MR) is 82.9 cm³/mol. The highest BCUT2D eigenvalue weighted by molar-refractivity contribution is 6.31. The van der Waals surface area contributed by atoms with E-state index in [1.165, 1.54) is 0 Å². The van der Waals surface area contributed by atoms with Crippen LogP contribution in [0.1, 0.15) is 17.1 Å². The zero-order chi connectivity index (χ0) is 14.5. The van der Waals surface area contributed by atoms with Gasteiger partial charge in [0.2, 0.25) is 0 Å². The Morgan fingerprint density at radius 2 is 1.95 bits per heavy atom. The van der Waals surface area contributed by atoms with Gasteiger partial charge in [0.15, 0.2) is 0 Å². The molecule has 0 aliphatic heterocycles. The third kappa shape index (κ3) is 3.92. The van der Waals surface area contributed by atoms with E-state index in [0.717, 1.165) is 29.4 Å². The monoisotopic (exact) mass is 290 g/mol. The smallest absolute Gasteiger partial charge is 0.126 e. The van der Waals surface area contributed by atoms with Crippen molar-refractivity contribution in [1.29, 1.82) is 0 Å². The van der Waals surface area contributed by atoms with Crippen LogP contribution in [0.2, 0.25) is 5.02 Å². The van der Waals surface area contributed by atoms with Gasteiger partial charge in [0, 0.05) is 25.8 Å². The van der Waals surface area contributed by atoms with E-state index in [-0.39, 0.29) is 0 Å². The molecule has 0 atom stereocenters. The number of rotatable bonds is 5. The summed E-state index contributed by atoms with van der Waals surface area (Å²) in [6.45, 7) is 3.45. The summed E-state index contributed by atoms with van der Waals surface area (Å²) >= 11 is 6.19. The number of hydrogen-bond donors (Lipinski definition) is 1. The van der Waals surface area contributed by atoms with Gasteiger partial charge in [-0.25, -0.2) is 4.98 Å². The lowest BCUT2D eigenvalue weighted by Crippen LogP contribution is -2.19. The van der Waals surface area contributed by atoms with Crippen molar-refractivity contribution in [1.82, 2.24) is 14.9 Å². The summed E-state index contributed by atoms with van der Waals surface area (Å²) in [5.74, 6) is 0.825. The minimum atomic E-state index is 0.684. The van der Waals surface area contributed by atoms with Crippen LogP contribution in [0.4, 0.5) is 5.82 Å². The van der Waals surface area contributed by atoms with Crippen molar-refractivity contribution >= 4 is 17.4 Å². The van der Waals surface area contributed by atoms with Gasteiger partial charge < -0.3 is 5.32 Å². The Kier molecular flexibility index (Phi) is 4.93. The molecular weight excluding hydrogens is 272 g/mol. The van der Waals surface area contributed by atoms with Gasteiger partial charge in [-0.3, -0.25) is 9.88 Å². The summed E-state index contributed by atoms with van der Waals surface area (Å²) in [5.41, 5.74) is 2.95. The lowest BCUT2D eigenvalue weighted by Gasteiger charge is -2.17.